The highest BCUT2D eigenvalue weighted by Gasteiger charge is 2.21. The van der Waals surface area contributed by atoms with Gasteiger partial charge in [-0.25, -0.2) is 4.98 Å². The Labute approximate surface area is 113 Å². The second-order valence-electron chi connectivity index (χ2n) is 4.17. The Morgan fingerprint density at radius 3 is 3.17 bits per heavy atom. The first-order valence-corrected chi connectivity index (χ1v) is 7.89. The summed E-state index contributed by atoms with van der Waals surface area (Å²) in [4.78, 5) is 8.85. The van der Waals surface area contributed by atoms with E-state index in [9.17, 15) is 0 Å². The van der Waals surface area contributed by atoms with Crippen molar-refractivity contribution in [3.8, 4) is 0 Å². The maximum Gasteiger partial charge on any atom is 0.244 e. The van der Waals surface area contributed by atoms with E-state index in [1.54, 1.807) is 11.3 Å². The van der Waals surface area contributed by atoms with Crippen LogP contribution < -0.4 is 5.32 Å². The molecule has 0 spiro atoms. The number of aryl methyl sites for hydroxylation is 1. The standard InChI is InChI=1S/C11H14N4OS2/c1-7-13-8(5-18-7)4-10-14-11(16-15-10)9-6-17-3-2-12-9/h5,9,12H,2-4,6H2,1H3. The highest BCUT2D eigenvalue weighted by atomic mass is 32.2. The van der Waals surface area contributed by atoms with Crippen LogP contribution in [0.15, 0.2) is 9.90 Å². The van der Waals surface area contributed by atoms with Crippen molar-refractivity contribution < 1.29 is 4.52 Å². The van der Waals surface area contributed by atoms with E-state index in [4.69, 9.17) is 4.52 Å². The highest BCUT2D eigenvalue weighted by molar-refractivity contribution is 7.99. The van der Waals surface area contributed by atoms with Gasteiger partial charge in [-0.05, 0) is 6.92 Å². The third kappa shape index (κ3) is 2.73. The van der Waals surface area contributed by atoms with Gasteiger partial charge in [-0.3, -0.25) is 0 Å². The fraction of sp³-hybridized carbons (Fsp3) is 0.545. The molecule has 1 unspecified atom stereocenters. The SMILES string of the molecule is Cc1nc(Cc2noc(C3CSCCN3)n2)cs1. The zero-order chi connectivity index (χ0) is 12.4. The van der Waals surface area contributed by atoms with Crippen molar-refractivity contribution in [3.05, 3.63) is 27.8 Å². The zero-order valence-corrected chi connectivity index (χ0v) is 11.7. The molecular formula is C11H14N4OS2. The van der Waals surface area contributed by atoms with E-state index in [0.29, 0.717) is 18.1 Å². The Hall–Kier alpha value is -0.920. The third-order valence-electron chi connectivity index (χ3n) is 2.71. The lowest BCUT2D eigenvalue weighted by Crippen LogP contribution is -2.30. The Morgan fingerprint density at radius 2 is 2.44 bits per heavy atom. The number of hydrogen-bond acceptors (Lipinski definition) is 7. The molecule has 7 heteroatoms. The van der Waals surface area contributed by atoms with Crippen molar-refractivity contribution in [2.24, 2.45) is 0 Å². The highest BCUT2D eigenvalue weighted by Crippen LogP contribution is 2.21. The first kappa shape index (κ1) is 12.1. The third-order valence-corrected chi connectivity index (χ3v) is 4.59. The van der Waals surface area contributed by atoms with Crippen molar-refractivity contribution in [2.75, 3.05) is 18.1 Å². The van der Waals surface area contributed by atoms with Gasteiger partial charge in [-0.2, -0.15) is 16.7 Å². The van der Waals surface area contributed by atoms with Crippen LogP contribution in [0.3, 0.4) is 0 Å². The normalized spacial score (nSPS) is 20.2. The lowest BCUT2D eigenvalue weighted by atomic mass is 10.3. The van der Waals surface area contributed by atoms with E-state index in [0.717, 1.165) is 28.8 Å². The number of thiazole rings is 1. The van der Waals surface area contributed by atoms with Crippen molar-refractivity contribution >= 4 is 23.1 Å². The van der Waals surface area contributed by atoms with Crippen molar-refractivity contribution in [3.63, 3.8) is 0 Å². The fourth-order valence-corrected chi connectivity index (χ4v) is 3.39. The number of rotatable bonds is 3. The monoisotopic (exact) mass is 282 g/mol. The van der Waals surface area contributed by atoms with Crippen LogP contribution in [0.1, 0.15) is 28.5 Å². The van der Waals surface area contributed by atoms with Gasteiger partial charge < -0.3 is 9.84 Å². The van der Waals surface area contributed by atoms with Gasteiger partial charge in [-0.1, -0.05) is 5.16 Å². The largest absolute Gasteiger partial charge is 0.338 e. The molecule has 1 fully saturated rings. The Bertz CT molecular complexity index is 519. The smallest absolute Gasteiger partial charge is 0.244 e. The van der Waals surface area contributed by atoms with Gasteiger partial charge in [0, 0.05) is 23.4 Å². The van der Waals surface area contributed by atoms with Gasteiger partial charge >= 0.3 is 0 Å². The molecule has 0 aliphatic carbocycles. The molecule has 96 valence electrons. The Balaban J connectivity index is 1.69. The minimum atomic E-state index is 0.196. The molecule has 0 aromatic carbocycles. The fourth-order valence-electron chi connectivity index (χ4n) is 1.86. The first-order valence-electron chi connectivity index (χ1n) is 5.86. The van der Waals surface area contributed by atoms with Crippen molar-refractivity contribution in [2.45, 2.75) is 19.4 Å². The molecule has 2 aromatic rings. The minimum absolute atomic E-state index is 0.196. The molecule has 0 radical (unpaired) electrons. The Kier molecular flexibility index (Phi) is 3.62. The van der Waals surface area contributed by atoms with Gasteiger partial charge in [0.1, 0.15) is 0 Å². The molecule has 1 aliphatic heterocycles. The van der Waals surface area contributed by atoms with Crippen LogP contribution in [-0.2, 0) is 6.42 Å². The predicted octanol–water partition coefficient (Wildman–Crippen LogP) is 1.80. The van der Waals surface area contributed by atoms with Crippen molar-refractivity contribution in [1.82, 2.24) is 20.4 Å². The summed E-state index contributed by atoms with van der Waals surface area (Å²) in [7, 11) is 0. The summed E-state index contributed by atoms with van der Waals surface area (Å²) in [5, 5.41) is 10.5. The van der Waals surface area contributed by atoms with Gasteiger partial charge in [0.2, 0.25) is 5.89 Å². The van der Waals surface area contributed by atoms with E-state index in [1.165, 1.54) is 0 Å². The molecule has 1 aliphatic rings. The van der Waals surface area contributed by atoms with Crippen LogP contribution >= 0.6 is 23.1 Å². The average molecular weight is 282 g/mol. The van der Waals surface area contributed by atoms with Gasteiger partial charge in [0.15, 0.2) is 5.82 Å². The van der Waals surface area contributed by atoms with Crippen LogP contribution in [0.5, 0.6) is 0 Å². The molecule has 0 saturated carbocycles. The molecular weight excluding hydrogens is 268 g/mol. The molecule has 3 rings (SSSR count). The maximum absolute atomic E-state index is 5.32. The van der Waals surface area contributed by atoms with Crippen LogP contribution in [-0.4, -0.2) is 33.2 Å². The topological polar surface area (TPSA) is 63.8 Å². The van der Waals surface area contributed by atoms with E-state index < -0.39 is 0 Å². The number of hydrogen-bond donors (Lipinski definition) is 1. The van der Waals surface area contributed by atoms with Crippen LogP contribution in [0.2, 0.25) is 0 Å². The predicted molar refractivity (Wildman–Crippen MR) is 72.0 cm³/mol. The number of nitrogens with zero attached hydrogens (tertiary/aromatic N) is 3. The lowest BCUT2D eigenvalue weighted by molar-refractivity contribution is 0.339. The van der Waals surface area contributed by atoms with Crippen LogP contribution in [0.4, 0.5) is 0 Å². The molecule has 1 N–H and O–H groups in total. The molecule has 1 saturated heterocycles. The summed E-state index contributed by atoms with van der Waals surface area (Å²) in [5.41, 5.74) is 1.01. The lowest BCUT2D eigenvalue weighted by Gasteiger charge is -2.19. The molecule has 0 amide bonds. The van der Waals surface area contributed by atoms with Crippen molar-refractivity contribution in [1.29, 1.82) is 0 Å². The molecule has 2 aromatic heterocycles. The summed E-state index contributed by atoms with van der Waals surface area (Å²) < 4.78 is 5.32. The number of thioether (sulfide) groups is 1. The molecule has 18 heavy (non-hydrogen) atoms. The van der Waals surface area contributed by atoms with Gasteiger partial charge in [0.25, 0.3) is 0 Å². The average Bonchev–Trinajstić information content (AvgIpc) is 3.01. The number of aromatic nitrogens is 3. The number of nitrogens with one attached hydrogen (secondary N) is 1. The minimum Gasteiger partial charge on any atom is -0.338 e. The van der Waals surface area contributed by atoms with Gasteiger partial charge in [0.05, 0.1) is 23.2 Å². The van der Waals surface area contributed by atoms with Crippen LogP contribution in [0, 0.1) is 6.92 Å². The summed E-state index contributed by atoms with van der Waals surface area (Å²) in [6.45, 7) is 3.00. The van der Waals surface area contributed by atoms with E-state index >= 15 is 0 Å². The summed E-state index contributed by atoms with van der Waals surface area (Å²) in [6.07, 6.45) is 0.647. The van der Waals surface area contributed by atoms with Crippen LogP contribution in [0.25, 0.3) is 0 Å². The first-order chi connectivity index (χ1) is 8.81. The summed E-state index contributed by atoms with van der Waals surface area (Å²) >= 11 is 3.56. The van der Waals surface area contributed by atoms with E-state index in [1.807, 2.05) is 24.1 Å². The van der Waals surface area contributed by atoms with Gasteiger partial charge in [-0.15, -0.1) is 11.3 Å². The second kappa shape index (κ2) is 5.38. The zero-order valence-electron chi connectivity index (χ0n) is 10.0. The summed E-state index contributed by atoms with van der Waals surface area (Å²) in [6, 6.07) is 0.196. The Morgan fingerprint density at radius 1 is 1.50 bits per heavy atom. The molecule has 5 nitrogen and oxygen atoms in total. The molecule has 1 atom stereocenters. The van der Waals surface area contributed by atoms with E-state index in [2.05, 4.69) is 20.4 Å². The van der Waals surface area contributed by atoms with E-state index in [-0.39, 0.29) is 6.04 Å². The second-order valence-corrected chi connectivity index (χ2v) is 6.38. The quantitative estimate of drug-likeness (QED) is 0.926. The summed E-state index contributed by atoms with van der Waals surface area (Å²) in [5.74, 6) is 3.56. The molecule has 3 heterocycles. The maximum atomic E-state index is 5.32. The molecule has 0 bridgehead atoms.